The molecule has 1 N–H and O–H groups in total. The molecule has 0 atom stereocenters. The van der Waals surface area contributed by atoms with Gasteiger partial charge in [0.2, 0.25) is 0 Å². The first-order valence-electron chi connectivity index (χ1n) is 7.48. The van der Waals surface area contributed by atoms with E-state index in [-0.39, 0.29) is 17.5 Å². The highest BCUT2D eigenvalue weighted by Crippen LogP contribution is 2.26. The summed E-state index contributed by atoms with van der Waals surface area (Å²) < 4.78 is 15.9. The first-order valence-corrected chi connectivity index (χ1v) is 7.48. The number of nitrogens with one attached hydrogen (secondary N) is 1. The van der Waals surface area contributed by atoms with E-state index in [4.69, 9.17) is 13.7 Å². The van der Waals surface area contributed by atoms with Crippen LogP contribution in [0.3, 0.4) is 0 Å². The van der Waals surface area contributed by atoms with E-state index in [0.717, 1.165) is 18.5 Å². The number of aromatic nitrogens is 2. The van der Waals surface area contributed by atoms with Gasteiger partial charge in [0.25, 0.3) is 5.91 Å². The van der Waals surface area contributed by atoms with Crippen molar-refractivity contribution in [3.05, 3.63) is 29.3 Å². The topological polar surface area (TPSA) is 90.4 Å². The number of oxazole rings is 1. The number of carbonyl (C=O) groups is 1. The molecule has 1 amide bonds. The van der Waals surface area contributed by atoms with Crippen molar-refractivity contribution in [1.82, 2.24) is 10.1 Å². The fraction of sp³-hybridized carbons (Fsp3) is 0.533. The molecule has 22 heavy (non-hydrogen) atoms. The van der Waals surface area contributed by atoms with Gasteiger partial charge in [-0.1, -0.05) is 12.1 Å². The molecule has 118 valence electrons. The van der Waals surface area contributed by atoms with Crippen LogP contribution in [-0.2, 0) is 11.2 Å². The Bertz CT molecular complexity index is 656. The number of hydrogen-bond acceptors (Lipinski definition) is 6. The fourth-order valence-electron chi connectivity index (χ4n) is 2.52. The second-order valence-corrected chi connectivity index (χ2v) is 5.33. The van der Waals surface area contributed by atoms with Crippen LogP contribution in [0.2, 0.25) is 0 Å². The van der Waals surface area contributed by atoms with Gasteiger partial charge in [-0.15, -0.1) is 0 Å². The molecule has 1 aliphatic heterocycles. The summed E-state index contributed by atoms with van der Waals surface area (Å²) in [5.41, 5.74) is 1.60. The van der Waals surface area contributed by atoms with E-state index in [1.54, 1.807) is 6.92 Å². The van der Waals surface area contributed by atoms with Crippen LogP contribution in [0, 0.1) is 6.92 Å². The van der Waals surface area contributed by atoms with E-state index < -0.39 is 0 Å². The number of carbonyl (C=O) groups excluding carboxylic acids is 1. The largest absolute Gasteiger partial charge is 0.448 e. The minimum atomic E-state index is -0.317. The predicted octanol–water partition coefficient (Wildman–Crippen LogP) is 2.68. The molecule has 0 radical (unpaired) electrons. The highest BCUT2D eigenvalue weighted by atomic mass is 16.5. The first-order chi connectivity index (χ1) is 10.7. The maximum absolute atomic E-state index is 12.3. The third-order valence-corrected chi connectivity index (χ3v) is 3.83. The van der Waals surface area contributed by atoms with Crippen molar-refractivity contribution in [3.63, 3.8) is 0 Å². The van der Waals surface area contributed by atoms with Crippen LogP contribution in [0.25, 0.3) is 0 Å². The lowest BCUT2D eigenvalue weighted by Gasteiger charge is -2.18. The summed E-state index contributed by atoms with van der Waals surface area (Å²) in [5, 5.41) is 6.71. The molecule has 7 heteroatoms. The monoisotopic (exact) mass is 305 g/mol. The van der Waals surface area contributed by atoms with Crippen molar-refractivity contribution < 1.29 is 18.5 Å². The quantitative estimate of drug-likeness (QED) is 0.934. The smallest absolute Gasteiger partial charge is 0.277 e. The second kappa shape index (κ2) is 6.31. The molecule has 1 fully saturated rings. The summed E-state index contributed by atoms with van der Waals surface area (Å²) in [5.74, 6) is 1.09. The Morgan fingerprint density at radius 1 is 1.41 bits per heavy atom. The van der Waals surface area contributed by atoms with Gasteiger partial charge in [-0.2, -0.15) is 0 Å². The van der Waals surface area contributed by atoms with Crippen molar-refractivity contribution in [2.24, 2.45) is 0 Å². The molecule has 1 saturated heterocycles. The Morgan fingerprint density at radius 3 is 2.91 bits per heavy atom. The standard InChI is InChI=1S/C15H19N3O4/c1-3-11-13(9(2)22-18-11)17-14(19)12-8-21-15(16-12)10-4-6-20-7-5-10/h8,10H,3-7H2,1-2H3,(H,17,19). The predicted molar refractivity (Wildman–Crippen MR) is 77.9 cm³/mol. The normalized spacial score (nSPS) is 15.9. The highest BCUT2D eigenvalue weighted by molar-refractivity contribution is 6.03. The molecule has 1 aliphatic rings. The number of aryl methyl sites for hydroxylation is 2. The average Bonchev–Trinajstić information content (AvgIpc) is 3.16. The summed E-state index contributed by atoms with van der Waals surface area (Å²) in [6.45, 7) is 5.12. The lowest BCUT2D eigenvalue weighted by atomic mass is 10.0. The van der Waals surface area contributed by atoms with E-state index in [1.807, 2.05) is 6.92 Å². The Kier molecular flexibility index (Phi) is 4.24. The van der Waals surface area contributed by atoms with Crippen molar-refractivity contribution in [3.8, 4) is 0 Å². The van der Waals surface area contributed by atoms with Gasteiger partial charge in [0, 0.05) is 19.1 Å². The van der Waals surface area contributed by atoms with Gasteiger partial charge in [0.15, 0.2) is 17.3 Å². The van der Waals surface area contributed by atoms with Gasteiger partial charge in [0.1, 0.15) is 17.6 Å². The summed E-state index contributed by atoms with van der Waals surface area (Å²) in [7, 11) is 0. The van der Waals surface area contributed by atoms with Crippen LogP contribution in [-0.4, -0.2) is 29.3 Å². The summed E-state index contributed by atoms with van der Waals surface area (Å²) in [4.78, 5) is 16.6. The molecule has 7 nitrogen and oxygen atoms in total. The van der Waals surface area contributed by atoms with Gasteiger partial charge in [-0.3, -0.25) is 4.79 Å². The number of amides is 1. The molecule has 3 rings (SSSR count). The molecule has 0 unspecified atom stereocenters. The summed E-state index contributed by atoms with van der Waals surface area (Å²) in [6, 6.07) is 0. The molecule has 2 aromatic rings. The molecule has 3 heterocycles. The summed E-state index contributed by atoms with van der Waals surface area (Å²) in [6.07, 6.45) is 3.81. The first kappa shape index (κ1) is 14.8. The molecule has 0 spiro atoms. The molecule has 0 saturated carbocycles. The zero-order valence-corrected chi connectivity index (χ0v) is 12.7. The summed E-state index contributed by atoms with van der Waals surface area (Å²) >= 11 is 0. The van der Waals surface area contributed by atoms with Crippen LogP contribution in [0.5, 0.6) is 0 Å². The number of anilines is 1. The van der Waals surface area contributed by atoms with E-state index >= 15 is 0 Å². The van der Waals surface area contributed by atoms with Crippen molar-refractivity contribution in [2.75, 3.05) is 18.5 Å². The molecule has 2 aromatic heterocycles. The van der Waals surface area contributed by atoms with E-state index in [2.05, 4.69) is 15.5 Å². The maximum atomic E-state index is 12.3. The number of nitrogens with zero attached hydrogens (tertiary/aromatic N) is 2. The number of rotatable bonds is 4. The Morgan fingerprint density at radius 2 is 2.18 bits per heavy atom. The van der Waals surface area contributed by atoms with Gasteiger partial charge in [-0.05, 0) is 26.2 Å². The molecular formula is C15H19N3O4. The third kappa shape index (κ3) is 2.89. The van der Waals surface area contributed by atoms with Gasteiger partial charge < -0.3 is 19.0 Å². The van der Waals surface area contributed by atoms with Crippen molar-refractivity contribution >= 4 is 11.6 Å². The zero-order valence-electron chi connectivity index (χ0n) is 12.7. The van der Waals surface area contributed by atoms with Crippen LogP contribution >= 0.6 is 0 Å². The van der Waals surface area contributed by atoms with Crippen molar-refractivity contribution in [2.45, 2.75) is 39.0 Å². The van der Waals surface area contributed by atoms with Crippen LogP contribution in [0.15, 0.2) is 15.2 Å². The SMILES string of the molecule is CCc1noc(C)c1NC(=O)c1coc(C2CCOCC2)n1. The van der Waals surface area contributed by atoms with E-state index in [0.29, 0.717) is 37.0 Å². The van der Waals surface area contributed by atoms with Gasteiger partial charge >= 0.3 is 0 Å². The van der Waals surface area contributed by atoms with E-state index in [9.17, 15) is 4.79 Å². The lowest BCUT2D eigenvalue weighted by molar-refractivity contribution is 0.0794. The van der Waals surface area contributed by atoms with Gasteiger partial charge in [-0.25, -0.2) is 4.98 Å². The number of hydrogen-bond donors (Lipinski definition) is 1. The minimum Gasteiger partial charge on any atom is -0.448 e. The van der Waals surface area contributed by atoms with Crippen molar-refractivity contribution in [1.29, 1.82) is 0 Å². The Hall–Kier alpha value is -2.15. The van der Waals surface area contributed by atoms with Crippen LogP contribution in [0.1, 0.15) is 53.5 Å². The molecule has 0 bridgehead atoms. The Balaban J connectivity index is 1.72. The van der Waals surface area contributed by atoms with Crippen LogP contribution in [0.4, 0.5) is 5.69 Å². The fourth-order valence-corrected chi connectivity index (χ4v) is 2.52. The molecule has 0 aromatic carbocycles. The average molecular weight is 305 g/mol. The van der Waals surface area contributed by atoms with E-state index in [1.165, 1.54) is 6.26 Å². The molecule has 0 aliphatic carbocycles. The highest BCUT2D eigenvalue weighted by Gasteiger charge is 2.23. The number of ether oxygens (including phenoxy) is 1. The minimum absolute atomic E-state index is 0.221. The lowest BCUT2D eigenvalue weighted by Crippen LogP contribution is -2.16. The van der Waals surface area contributed by atoms with Gasteiger partial charge in [0.05, 0.1) is 0 Å². The molecular weight excluding hydrogens is 286 g/mol. The Labute approximate surface area is 128 Å². The zero-order chi connectivity index (χ0) is 15.5. The second-order valence-electron chi connectivity index (χ2n) is 5.33. The maximum Gasteiger partial charge on any atom is 0.277 e. The third-order valence-electron chi connectivity index (χ3n) is 3.83. The van der Waals surface area contributed by atoms with Crippen LogP contribution < -0.4 is 5.32 Å².